The lowest BCUT2D eigenvalue weighted by Crippen LogP contribution is -2.24. The summed E-state index contributed by atoms with van der Waals surface area (Å²) in [5.41, 5.74) is 0. The Hall–Kier alpha value is -0.530. The smallest absolute Gasteiger partial charge is 0.151 e. The van der Waals surface area contributed by atoms with E-state index in [1.807, 2.05) is 0 Å². The van der Waals surface area contributed by atoms with E-state index in [-0.39, 0.29) is 11.5 Å². The van der Waals surface area contributed by atoms with Gasteiger partial charge in [-0.25, -0.2) is 8.42 Å². The van der Waals surface area contributed by atoms with Crippen LogP contribution in [0.1, 0.15) is 13.3 Å². The van der Waals surface area contributed by atoms with Crippen LogP contribution in [0.15, 0.2) is 0 Å². The Labute approximate surface area is 74.5 Å². The first-order valence-electron chi connectivity index (χ1n) is 3.97. The highest BCUT2D eigenvalue weighted by molar-refractivity contribution is 7.91. The average molecular weight is 189 g/mol. The third-order valence-corrected chi connectivity index (χ3v) is 3.18. The molecule has 0 rings (SSSR count). The summed E-state index contributed by atoms with van der Waals surface area (Å²) in [6, 6.07) is 0. The summed E-state index contributed by atoms with van der Waals surface area (Å²) in [7, 11) is -2.82. The van der Waals surface area contributed by atoms with Crippen molar-refractivity contribution in [2.24, 2.45) is 0 Å². The van der Waals surface area contributed by atoms with E-state index in [0.717, 1.165) is 0 Å². The van der Waals surface area contributed by atoms with Crippen molar-refractivity contribution >= 4 is 9.84 Å². The molecule has 0 saturated carbocycles. The Bertz CT molecular complexity index is 238. The second-order valence-electron chi connectivity index (χ2n) is 2.44. The molecule has 0 aliphatic carbocycles. The summed E-state index contributed by atoms with van der Waals surface area (Å²) in [5.74, 6) is 2.88. The fourth-order valence-electron chi connectivity index (χ4n) is 0.658. The third kappa shape index (κ3) is 6.20. The van der Waals surface area contributed by atoms with Crippen molar-refractivity contribution in [3.05, 3.63) is 0 Å². The minimum absolute atomic E-state index is 0.202. The number of terminal acetylenes is 1. The first-order valence-corrected chi connectivity index (χ1v) is 5.79. The quantitative estimate of drug-likeness (QED) is 0.474. The highest BCUT2D eigenvalue weighted by Crippen LogP contribution is 1.86. The van der Waals surface area contributed by atoms with Crippen LogP contribution in [0.4, 0.5) is 0 Å². The van der Waals surface area contributed by atoms with Crippen molar-refractivity contribution in [2.75, 3.05) is 24.6 Å². The van der Waals surface area contributed by atoms with Gasteiger partial charge in [0.1, 0.15) is 0 Å². The Morgan fingerprint density at radius 1 is 1.42 bits per heavy atom. The maximum atomic E-state index is 11.0. The second kappa shape index (κ2) is 6.04. The zero-order chi connectivity index (χ0) is 9.45. The van der Waals surface area contributed by atoms with Crippen LogP contribution in [-0.4, -0.2) is 33.0 Å². The van der Waals surface area contributed by atoms with Gasteiger partial charge < -0.3 is 5.32 Å². The molecule has 0 aliphatic heterocycles. The number of sulfone groups is 1. The van der Waals surface area contributed by atoms with Gasteiger partial charge in [-0.1, -0.05) is 6.92 Å². The van der Waals surface area contributed by atoms with Gasteiger partial charge in [-0.2, -0.15) is 0 Å². The lowest BCUT2D eigenvalue weighted by Gasteiger charge is -2.01. The number of hydrogen-bond acceptors (Lipinski definition) is 3. The summed E-state index contributed by atoms with van der Waals surface area (Å²) in [5, 5.41) is 2.96. The van der Waals surface area contributed by atoms with Gasteiger partial charge in [-0.3, -0.25) is 0 Å². The highest BCUT2D eigenvalue weighted by Gasteiger charge is 2.04. The minimum Gasteiger partial charge on any atom is -0.315 e. The van der Waals surface area contributed by atoms with Gasteiger partial charge in [0, 0.05) is 25.3 Å². The van der Waals surface area contributed by atoms with E-state index in [9.17, 15) is 8.42 Å². The van der Waals surface area contributed by atoms with Crippen LogP contribution in [-0.2, 0) is 9.84 Å². The Morgan fingerprint density at radius 2 is 2.08 bits per heavy atom. The molecular weight excluding hydrogens is 174 g/mol. The molecule has 0 atom stereocenters. The van der Waals surface area contributed by atoms with E-state index >= 15 is 0 Å². The largest absolute Gasteiger partial charge is 0.315 e. The molecule has 0 amide bonds. The molecule has 3 nitrogen and oxygen atoms in total. The first-order chi connectivity index (χ1) is 5.62. The van der Waals surface area contributed by atoms with E-state index in [4.69, 9.17) is 6.42 Å². The van der Waals surface area contributed by atoms with Crippen molar-refractivity contribution in [1.82, 2.24) is 5.32 Å². The normalized spacial score (nSPS) is 11.0. The minimum atomic E-state index is -2.82. The molecule has 0 aliphatic rings. The number of rotatable bonds is 6. The van der Waals surface area contributed by atoms with Gasteiger partial charge >= 0.3 is 0 Å². The Kier molecular flexibility index (Phi) is 5.77. The predicted octanol–water partition coefficient (Wildman–Crippen LogP) is 0.0340. The molecule has 1 N–H and O–H groups in total. The zero-order valence-corrected chi connectivity index (χ0v) is 8.15. The van der Waals surface area contributed by atoms with E-state index in [0.29, 0.717) is 19.5 Å². The monoisotopic (exact) mass is 189 g/mol. The third-order valence-electron chi connectivity index (χ3n) is 1.48. The van der Waals surface area contributed by atoms with Crippen molar-refractivity contribution in [3.8, 4) is 12.3 Å². The summed E-state index contributed by atoms with van der Waals surface area (Å²) in [6.07, 6.45) is 5.66. The molecule has 0 unspecified atom stereocenters. The van der Waals surface area contributed by atoms with E-state index in [1.54, 1.807) is 6.92 Å². The molecule has 0 aromatic heterocycles. The van der Waals surface area contributed by atoms with Crippen molar-refractivity contribution in [2.45, 2.75) is 13.3 Å². The molecule has 0 heterocycles. The van der Waals surface area contributed by atoms with Crippen LogP contribution < -0.4 is 5.32 Å². The van der Waals surface area contributed by atoms with Crippen LogP contribution in [0.2, 0.25) is 0 Å². The first kappa shape index (κ1) is 11.5. The maximum absolute atomic E-state index is 11.0. The number of nitrogens with one attached hydrogen (secondary N) is 1. The Balaban J connectivity index is 3.39. The zero-order valence-electron chi connectivity index (χ0n) is 7.34. The van der Waals surface area contributed by atoms with Gasteiger partial charge in [-0.15, -0.1) is 12.3 Å². The van der Waals surface area contributed by atoms with Crippen LogP contribution in [0.5, 0.6) is 0 Å². The van der Waals surface area contributed by atoms with Gasteiger partial charge in [0.05, 0.1) is 5.75 Å². The maximum Gasteiger partial charge on any atom is 0.151 e. The highest BCUT2D eigenvalue weighted by atomic mass is 32.2. The fraction of sp³-hybridized carbons (Fsp3) is 0.750. The van der Waals surface area contributed by atoms with Gasteiger partial charge in [0.25, 0.3) is 0 Å². The molecule has 12 heavy (non-hydrogen) atoms. The summed E-state index contributed by atoms with van der Waals surface area (Å²) >= 11 is 0. The van der Waals surface area contributed by atoms with Crippen LogP contribution in [0, 0.1) is 12.3 Å². The van der Waals surface area contributed by atoms with Gasteiger partial charge in [0.2, 0.25) is 0 Å². The molecule has 0 bridgehead atoms. The van der Waals surface area contributed by atoms with Crippen LogP contribution in [0.3, 0.4) is 0 Å². The predicted molar refractivity (Wildman–Crippen MR) is 50.6 cm³/mol. The lowest BCUT2D eigenvalue weighted by atomic mass is 10.4. The van der Waals surface area contributed by atoms with E-state index in [1.165, 1.54) is 0 Å². The van der Waals surface area contributed by atoms with Gasteiger partial charge in [-0.05, 0) is 0 Å². The molecule has 4 heteroatoms. The van der Waals surface area contributed by atoms with Crippen LogP contribution >= 0.6 is 0 Å². The average Bonchev–Trinajstić information content (AvgIpc) is 2.04. The summed E-state index contributed by atoms with van der Waals surface area (Å²) in [4.78, 5) is 0. The number of hydrogen-bond donors (Lipinski definition) is 1. The van der Waals surface area contributed by atoms with Crippen LogP contribution in [0.25, 0.3) is 0 Å². The molecule has 0 saturated heterocycles. The second-order valence-corrected chi connectivity index (χ2v) is 4.91. The molecule has 0 spiro atoms. The SMILES string of the molecule is C#CCCNCCS(=O)(=O)CC. The topological polar surface area (TPSA) is 46.2 Å². The molecule has 0 radical (unpaired) electrons. The standard InChI is InChI=1S/C8H15NO2S/c1-3-5-6-9-7-8-12(10,11)4-2/h1,9H,4-8H2,2H3. The van der Waals surface area contributed by atoms with E-state index < -0.39 is 9.84 Å². The molecule has 0 aromatic carbocycles. The van der Waals surface area contributed by atoms with Gasteiger partial charge in [0.15, 0.2) is 9.84 Å². The van der Waals surface area contributed by atoms with Crippen molar-refractivity contribution in [1.29, 1.82) is 0 Å². The fourth-order valence-corrected chi connectivity index (χ4v) is 1.40. The Morgan fingerprint density at radius 3 is 2.58 bits per heavy atom. The molecular formula is C8H15NO2S. The van der Waals surface area contributed by atoms with Crippen molar-refractivity contribution in [3.63, 3.8) is 0 Å². The molecule has 70 valence electrons. The molecule has 0 fully saturated rings. The van der Waals surface area contributed by atoms with E-state index in [2.05, 4.69) is 11.2 Å². The summed E-state index contributed by atoms with van der Waals surface area (Å²) < 4.78 is 21.9. The van der Waals surface area contributed by atoms with Crippen molar-refractivity contribution < 1.29 is 8.42 Å². The molecule has 0 aromatic rings. The lowest BCUT2D eigenvalue weighted by molar-refractivity contribution is 0.592. The summed E-state index contributed by atoms with van der Waals surface area (Å²) in [6.45, 7) is 2.84.